The molecule has 0 bridgehead atoms. The van der Waals surface area contributed by atoms with Gasteiger partial charge in [-0.2, -0.15) is 13.9 Å². The Balaban J connectivity index is 2.55. The second-order valence-corrected chi connectivity index (χ2v) is 3.52. The molecule has 4 nitrogen and oxygen atoms in total. The Kier molecular flexibility index (Phi) is 3.05. The number of primary amides is 1. The minimum absolute atomic E-state index is 0.141. The summed E-state index contributed by atoms with van der Waals surface area (Å²) in [5.41, 5.74) is 5.31. The fraction of sp³-hybridized carbons (Fsp3) is 0.0909. The molecule has 0 aliphatic carbocycles. The molecule has 0 saturated carbocycles. The molecule has 1 heterocycles. The number of aromatic nitrogens is 2. The Hall–Kier alpha value is -2.31. The predicted octanol–water partition coefficient (Wildman–Crippen LogP) is 2.18. The van der Waals surface area contributed by atoms with E-state index in [0.717, 1.165) is 18.3 Å². The van der Waals surface area contributed by atoms with Crippen molar-refractivity contribution < 1.29 is 18.0 Å². The van der Waals surface area contributed by atoms with Gasteiger partial charge in [-0.05, 0) is 17.7 Å². The Morgan fingerprint density at radius 3 is 2.39 bits per heavy atom. The SMILES string of the molecule is NC(=O)c1nn(C(F)F)cc1-c1ccc(F)cc1. The lowest BCUT2D eigenvalue weighted by Crippen LogP contribution is -2.13. The van der Waals surface area contributed by atoms with E-state index < -0.39 is 18.3 Å². The second kappa shape index (κ2) is 4.52. The van der Waals surface area contributed by atoms with Crippen LogP contribution in [0.25, 0.3) is 11.1 Å². The Morgan fingerprint density at radius 2 is 1.89 bits per heavy atom. The molecule has 18 heavy (non-hydrogen) atoms. The molecule has 0 aliphatic heterocycles. The van der Waals surface area contributed by atoms with Crippen molar-refractivity contribution in [3.05, 3.63) is 42.0 Å². The average molecular weight is 255 g/mol. The molecular formula is C11H8F3N3O. The number of carbonyl (C=O) groups is 1. The van der Waals surface area contributed by atoms with Crippen molar-refractivity contribution in [2.45, 2.75) is 6.55 Å². The summed E-state index contributed by atoms with van der Waals surface area (Å²) in [4.78, 5) is 11.1. The van der Waals surface area contributed by atoms with Gasteiger partial charge in [0, 0.05) is 11.8 Å². The molecule has 2 N–H and O–H groups in total. The zero-order chi connectivity index (χ0) is 13.3. The van der Waals surface area contributed by atoms with Crippen LogP contribution in [0.3, 0.4) is 0 Å². The van der Waals surface area contributed by atoms with Crippen molar-refractivity contribution in [1.29, 1.82) is 0 Å². The van der Waals surface area contributed by atoms with Crippen LogP contribution in [0.4, 0.5) is 13.2 Å². The first-order chi connectivity index (χ1) is 8.49. The number of nitrogens with two attached hydrogens (primary N) is 1. The second-order valence-electron chi connectivity index (χ2n) is 3.52. The molecule has 0 fully saturated rings. The highest BCUT2D eigenvalue weighted by atomic mass is 19.3. The smallest absolute Gasteiger partial charge is 0.333 e. The molecule has 0 aliphatic rings. The van der Waals surface area contributed by atoms with E-state index in [1.807, 2.05) is 0 Å². The van der Waals surface area contributed by atoms with Crippen molar-refractivity contribution in [2.24, 2.45) is 5.73 Å². The minimum atomic E-state index is -2.88. The fourth-order valence-corrected chi connectivity index (χ4v) is 1.51. The van der Waals surface area contributed by atoms with E-state index in [1.54, 1.807) is 0 Å². The van der Waals surface area contributed by atoms with Gasteiger partial charge in [-0.1, -0.05) is 12.1 Å². The van der Waals surface area contributed by atoms with Gasteiger partial charge < -0.3 is 5.73 Å². The summed E-state index contributed by atoms with van der Waals surface area (Å²) in [6.07, 6.45) is 0.998. The maximum atomic E-state index is 12.8. The van der Waals surface area contributed by atoms with Gasteiger partial charge in [0.15, 0.2) is 5.69 Å². The number of nitrogens with zero attached hydrogens (tertiary/aromatic N) is 2. The van der Waals surface area contributed by atoms with Gasteiger partial charge in [0.1, 0.15) is 5.82 Å². The molecule has 2 aromatic rings. The zero-order valence-electron chi connectivity index (χ0n) is 8.98. The number of hydrogen-bond donors (Lipinski definition) is 1. The van der Waals surface area contributed by atoms with Crippen molar-refractivity contribution in [3.8, 4) is 11.1 Å². The number of carbonyl (C=O) groups excluding carboxylic acids is 1. The van der Waals surface area contributed by atoms with Crippen LogP contribution in [0.5, 0.6) is 0 Å². The lowest BCUT2D eigenvalue weighted by atomic mass is 10.1. The van der Waals surface area contributed by atoms with E-state index in [9.17, 15) is 18.0 Å². The maximum Gasteiger partial charge on any atom is 0.333 e. The first kappa shape index (κ1) is 12.2. The standard InChI is InChI=1S/C11H8F3N3O/c12-7-3-1-6(2-4-7)8-5-17(11(13)14)16-9(8)10(15)18/h1-5,11H,(H2,15,18). The van der Waals surface area contributed by atoms with E-state index >= 15 is 0 Å². The van der Waals surface area contributed by atoms with Crippen LogP contribution >= 0.6 is 0 Å². The van der Waals surface area contributed by atoms with Crippen molar-refractivity contribution >= 4 is 5.91 Å². The van der Waals surface area contributed by atoms with Crippen molar-refractivity contribution in [3.63, 3.8) is 0 Å². The van der Waals surface area contributed by atoms with Gasteiger partial charge in [0.2, 0.25) is 0 Å². The van der Waals surface area contributed by atoms with Gasteiger partial charge in [0.25, 0.3) is 5.91 Å². The normalized spacial score (nSPS) is 10.9. The van der Waals surface area contributed by atoms with Crippen LogP contribution < -0.4 is 5.73 Å². The lowest BCUT2D eigenvalue weighted by Gasteiger charge is -1.98. The number of hydrogen-bond acceptors (Lipinski definition) is 2. The van der Waals surface area contributed by atoms with Gasteiger partial charge in [-0.25, -0.2) is 9.07 Å². The molecule has 0 unspecified atom stereocenters. The summed E-state index contributed by atoms with van der Waals surface area (Å²) < 4.78 is 38.1. The highest BCUT2D eigenvalue weighted by Gasteiger charge is 2.18. The first-order valence-corrected chi connectivity index (χ1v) is 4.92. The highest BCUT2D eigenvalue weighted by molar-refractivity contribution is 5.97. The highest BCUT2D eigenvalue weighted by Crippen LogP contribution is 2.25. The summed E-state index contributed by atoms with van der Waals surface area (Å²) in [5, 5.41) is 3.41. The molecule has 2 rings (SSSR count). The minimum Gasteiger partial charge on any atom is -0.364 e. The monoisotopic (exact) mass is 255 g/mol. The molecule has 0 saturated heterocycles. The van der Waals surface area contributed by atoms with E-state index in [2.05, 4.69) is 5.10 Å². The molecular weight excluding hydrogens is 247 g/mol. The predicted molar refractivity (Wildman–Crippen MR) is 57.4 cm³/mol. The Morgan fingerprint density at radius 1 is 1.28 bits per heavy atom. The van der Waals surface area contributed by atoms with Gasteiger partial charge in [-0.3, -0.25) is 4.79 Å². The fourth-order valence-electron chi connectivity index (χ4n) is 1.51. The van der Waals surface area contributed by atoms with Crippen LogP contribution in [0, 0.1) is 5.82 Å². The quantitative estimate of drug-likeness (QED) is 0.913. The largest absolute Gasteiger partial charge is 0.364 e. The van der Waals surface area contributed by atoms with Crippen molar-refractivity contribution in [1.82, 2.24) is 9.78 Å². The summed E-state index contributed by atoms with van der Waals surface area (Å²) in [5.74, 6) is -1.39. The molecule has 7 heteroatoms. The number of alkyl halides is 2. The molecule has 0 atom stereocenters. The van der Waals surface area contributed by atoms with Crippen LogP contribution in [0.2, 0.25) is 0 Å². The zero-order valence-corrected chi connectivity index (χ0v) is 8.98. The molecule has 1 aromatic carbocycles. The third-order valence-corrected chi connectivity index (χ3v) is 2.32. The Labute approximate surface area is 99.8 Å². The lowest BCUT2D eigenvalue weighted by molar-refractivity contribution is 0.0561. The number of rotatable bonds is 3. The maximum absolute atomic E-state index is 12.8. The van der Waals surface area contributed by atoms with Crippen LogP contribution in [-0.2, 0) is 0 Å². The van der Waals surface area contributed by atoms with E-state index in [0.29, 0.717) is 10.2 Å². The third-order valence-electron chi connectivity index (χ3n) is 2.32. The van der Waals surface area contributed by atoms with Gasteiger partial charge >= 0.3 is 6.55 Å². The van der Waals surface area contributed by atoms with E-state index in [4.69, 9.17) is 5.73 Å². The summed E-state index contributed by atoms with van der Waals surface area (Å²) in [7, 11) is 0. The average Bonchev–Trinajstić information content (AvgIpc) is 2.75. The topological polar surface area (TPSA) is 60.9 Å². The number of benzene rings is 1. The first-order valence-electron chi connectivity index (χ1n) is 4.92. The van der Waals surface area contributed by atoms with Crippen LogP contribution in [0.15, 0.2) is 30.5 Å². The summed E-state index contributed by atoms with van der Waals surface area (Å²) in [6.45, 7) is -2.88. The molecule has 0 radical (unpaired) electrons. The summed E-state index contributed by atoms with van der Waals surface area (Å²) >= 11 is 0. The Bertz CT molecular complexity index is 578. The molecule has 1 amide bonds. The third kappa shape index (κ3) is 2.20. The van der Waals surface area contributed by atoms with Gasteiger partial charge in [-0.15, -0.1) is 0 Å². The molecule has 94 valence electrons. The number of amides is 1. The summed E-state index contributed by atoms with van der Waals surface area (Å²) in [6, 6.07) is 5.02. The van der Waals surface area contributed by atoms with E-state index in [1.165, 1.54) is 12.1 Å². The van der Waals surface area contributed by atoms with Crippen molar-refractivity contribution in [2.75, 3.05) is 0 Å². The molecule has 0 spiro atoms. The van der Waals surface area contributed by atoms with E-state index in [-0.39, 0.29) is 11.3 Å². The van der Waals surface area contributed by atoms with Crippen LogP contribution in [-0.4, -0.2) is 15.7 Å². The van der Waals surface area contributed by atoms with Crippen LogP contribution in [0.1, 0.15) is 17.0 Å². The van der Waals surface area contributed by atoms with Gasteiger partial charge in [0.05, 0.1) is 0 Å². The molecule has 1 aromatic heterocycles. The number of halogens is 3.